The highest BCUT2D eigenvalue weighted by Gasteiger charge is 2.27. The van der Waals surface area contributed by atoms with Gasteiger partial charge in [-0.15, -0.1) is 0 Å². The predicted molar refractivity (Wildman–Crippen MR) is 138 cm³/mol. The number of amides is 1. The van der Waals surface area contributed by atoms with E-state index in [2.05, 4.69) is 20.3 Å². The summed E-state index contributed by atoms with van der Waals surface area (Å²) in [5, 5.41) is 7.73. The van der Waals surface area contributed by atoms with Gasteiger partial charge in [0.05, 0.1) is 11.5 Å². The summed E-state index contributed by atoms with van der Waals surface area (Å²) in [5.41, 5.74) is 0.0137. The van der Waals surface area contributed by atoms with Gasteiger partial charge in [-0.1, -0.05) is 5.16 Å². The minimum absolute atomic E-state index is 0.0137. The molecule has 7 nitrogen and oxygen atoms in total. The second-order valence-corrected chi connectivity index (χ2v) is 11.3. The van der Waals surface area contributed by atoms with Gasteiger partial charge in [0.1, 0.15) is 5.82 Å². The molecule has 5 rings (SSSR count). The number of hydrogen-bond donors (Lipinski definition) is 1. The Bertz CT molecular complexity index is 1040. The second kappa shape index (κ2) is 12.1. The predicted octanol–water partition coefficient (Wildman–Crippen LogP) is 4.89. The van der Waals surface area contributed by atoms with Gasteiger partial charge in [0, 0.05) is 51.8 Å². The van der Waals surface area contributed by atoms with Crippen LogP contribution in [-0.2, 0) is 9.53 Å². The van der Waals surface area contributed by atoms with Crippen molar-refractivity contribution in [2.75, 3.05) is 44.7 Å². The summed E-state index contributed by atoms with van der Waals surface area (Å²) in [4.78, 5) is 17.1. The Labute approximate surface area is 217 Å². The summed E-state index contributed by atoms with van der Waals surface area (Å²) in [7, 11) is 1.78. The fourth-order valence-electron chi connectivity index (χ4n) is 6.45. The highest BCUT2D eigenvalue weighted by molar-refractivity contribution is 5.89. The molecule has 0 bridgehead atoms. The third-order valence-electron chi connectivity index (χ3n) is 8.81. The molecule has 1 amide bonds. The van der Waals surface area contributed by atoms with Crippen LogP contribution >= 0.6 is 0 Å². The lowest BCUT2D eigenvalue weighted by molar-refractivity contribution is -0.123. The number of benzene rings is 1. The van der Waals surface area contributed by atoms with Gasteiger partial charge in [-0.05, 0) is 82.2 Å². The van der Waals surface area contributed by atoms with E-state index in [0.29, 0.717) is 41.6 Å². The first-order chi connectivity index (χ1) is 18.0. The number of anilines is 1. The van der Waals surface area contributed by atoms with E-state index in [-0.39, 0.29) is 11.5 Å². The lowest BCUT2D eigenvalue weighted by Crippen LogP contribution is -2.47. The van der Waals surface area contributed by atoms with Gasteiger partial charge in [-0.25, -0.2) is 8.78 Å². The molecule has 1 aliphatic heterocycles. The second-order valence-electron chi connectivity index (χ2n) is 11.3. The summed E-state index contributed by atoms with van der Waals surface area (Å²) in [5.74, 6) is 0.636. The first kappa shape index (κ1) is 26.4. The van der Waals surface area contributed by atoms with Crippen molar-refractivity contribution in [1.29, 1.82) is 0 Å². The minimum Gasteiger partial charge on any atom is -0.381 e. The van der Waals surface area contributed by atoms with Gasteiger partial charge >= 0.3 is 0 Å². The lowest BCUT2D eigenvalue weighted by Gasteiger charge is -2.36. The van der Waals surface area contributed by atoms with Crippen LogP contribution in [-0.4, -0.2) is 67.9 Å². The number of carbonyl (C=O) groups is 1. The molecule has 3 fully saturated rings. The van der Waals surface area contributed by atoms with Crippen LogP contribution in [0.5, 0.6) is 0 Å². The van der Waals surface area contributed by atoms with Crippen LogP contribution in [0.25, 0.3) is 11.0 Å². The van der Waals surface area contributed by atoms with Gasteiger partial charge in [0.25, 0.3) is 0 Å². The number of halogens is 2. The monoisotopic (exact) mass is 518 g/mol. The van der Waals surface area contributed by atoms with Gasteiger partial charge in [-0.2, -0.15) is 0 Å². The van der Waals surface area contributed by atoms with Crippen molar-refractivity contribution in [3.8, 4) is 0 Å². The lowest BCUT2D eigenvalue weighted by atomic mass is 9.83. The Balaban J connectivity index is 0.988. The van der Waals surface area contributed by atoms with Crippen molar-refractivity contribution in [3.63, 3.8) is 0 Å². The van der Waals surface area contributed by atoms with Crippen LogP contribution in [0.15, 0.2) is 16.7 Å². The van der Waals surface area contributed by atoms with E-state index in [9.17, 15) is 13.6 Å². The Morgan fingerprint density at radius 2 is 1.73 bits per heavy atom. The van der Waals surface area contributed by atoms with Gasteiger partial charge < -0.3 is 19.5 Å². The number of rotatable bonds is 8. The van der Waals surface area contributed by atoms with E-state index in [1.54, 1.807) is 7.11 Å². The molecule has 0 unspecified atom stereocenters. The molecule has 2 aliphatic carbocycles. The Kier molecular flexibility index (Phi) is 8.60. The van der Waals surface area contributed by atoms with Crippen molar-refractivity contribution in [3.05, 3.63) is 23.8 Å². The van der Waals surface area contributed by atoms with Crippen molar-refractivity contribution < 1.29 is 22.8 Å². The maximum atomic E-state index is 13.9. The molecule has 3 aliphatic rings. The summed E-state index contributed by atoms with van der Waals surface area (Å²) in [6.07, 6.45) is 11.1. The molecule has 2 heterocycles. The number of methoxy groups -OCH3 is 1. The van der Waals surface area contributed by atoms with Crippen molar-refractivity contribution in [2.24, 2.45) is 11.8 Å². The molecule has 0 spiro atoms. The summed E-state index contributed by atoms with van der Waals surface area (Å²) in [6.45, 7) is 4.35. The molecule has 2 aromatic rings. The molecule has 9 heteroatoms. The first-order valence-electron chi connectivity index (χ1n) is 14.0. The smallest absolute Gasteiger partial charge is 0.220 e. The van der Waals surface area contributed by atoms with Gasteiger partial charge in [0.15, 0.2) is 11.6 Å². The molecule has 0 atom stereocenters. The number of carbonyl (C=O) groups excluding carboxylic acids is 1. The van der Waals surface area contributed by atoms with Crippen LogP contribution < -0.4 is 10.2 Å². The van der Waals surface area contributed by atoms with E-state index in [0.717, 1.165) is 77.3 Å². The molecule has 2 saturated carbocycles. The van der Waals surface area contributed by atoms with E-state index < -0.39 is 11.6 Å². The van der Waals surface area contributed by atoms with Crippen LogP contribution in [0.1, 0.15) is 64.2 Å². The molecule has 1 N–H and O–H groups in total. The maximum Gasteiger partial charge on any atom is 0.220 e. The van der Waals surface area contributed by atoms with E-state index >= 15 is 0 Å². The van der Waals surface area contributed by atoms with E-state index in [4.69, 9.17) is 9.26 Å². The zero-order chi connectivity index (χ0) is 25.8. The normalized spacial score (nSPS) is 27.5. The van der Waals surface area contributed by atoms with Crippen molar-refractivity contribution in [2.45, 2.75) is 76.4 Å². The summed E-state index contributed by atoms with van der Waals surface area (Å²) < 4.78 is 38.2. The topological polar surface area (TPSA) is 70.8 Å². The molecule has 1 aromatic heterocycles. The van der Waals surface area contributed by atoms with Crippen LogP contribution in [0.2, 0.25) is 0 Å². The quantitative estimate of drug-likeness (QED) is 0.537. The van der Waals surface area contributed by atoms with Gasteiger partial charge in [0.2, 0.25) is 11.5 Å². The third-order valence-corrected chi connectivity index (χ3v) is 8.81. The molecule has 1 aromatic carbocycles. The number of aromatic nitrogens is 1. The zero-order valence-corrected chi connectivity index (χ0v) is 21.9. The molecular weight excluding hydrogens is 478 g/mol. The highest BCUT2D eigenvalue weighted by atomic mass is 19.1. The third kappa shape index (κ3) is 6.60. The van der Waals surface area contributed by atoms with Crippen molar-refractivity contribution >= 4 is 22.7 Å². The van der Waals surface area contributed by atoms with Crippen LogP contribution in [0.4, 0.5) is 14.6 Å². The number of fused-ring (bicyclic) bond motifs is 1. The largest absolute Gasteiger partial charge is 0.381 e. The number of nitrogens with zero attached hydrogens (tertiary/aromatic N) is 3. The molecule has 1 saturated heterocycles. The number of hydrogen-bond acceptors (Lipinski definition) is 6. The van der Waals surface area contributed by atoms with E-state index in [1.807, 2.05) is 0 Å². The standard InChI is InChI=1S/C28H40F2N4O3/c1-36-23-8-4-20(5-9-23)16-26(35)31-22-6-2-19(3-7-22)10-11-33-12-14-34(15-13-33)28-24-17-21(29)18-25(30)27(24)37-32-28/h17-20,22-23H,2-16H2,1H3,(H,31,35). The summed E-state index contributed by atoms with van der Waals surface area (Å²) >= 11 is 0. The fraction of sp³-hybridized carbons (Fsp3) is 0.714. The van der Waals surface area contributed by atoms with Crippen LogP contribution in [0, 0.1) is 23.5 Å². The maximum absolute atomic E-state index is 13.9. The average Bonchev–Trinajstić information content (AvgIpc) is 3.33. The molecule has 0 radical (unpaired) electrons. The molecule has 204 valence electrons. The SMILES string of the molecule is COC1CCC(CC(=O)NC2CCC(CCN3CCN(c4noc5c(F)cc(F)cc45)CC3)CC2)CC1. The number of nitrogens with one attached hydrogen (secondary N) is 1. The molecule has 37 heavy (non-hydrogen) atoms. The minimum atomic E-state index is -0.716. The van der Waals surface area contributed by atoms with Crippen LogP contribution in [0.3, 0.4) is 0 Å². The highest BCUT2D eigenvalue weighted by Crippen LogP contribution is 2.31. The van der Waals surface area contributed by atoms with Gasteiger partial charge in [-0.3, -0.25) is 9.69 Å². The Morgan fingerprint density at radius 3 is 2.43 bits per heavy atom. The van der Waals surface area contributed by atoms with E-state index in [1.165, 1.54) is 25.3 Å². The Hall–Kier alpha value is -2.26. The zero-order valence-electron chi connectivity index (χ0n) is 21.9. The molecular formula is C28H40F2N4O3. The average molecular weight is 519 g/mol. The fourth-order valence-corrected chi connectivity index (χ4v) is 6.45. The Morgan fingerprint density at radius 1 is 1.03 bits per heavy atom. The summed E-state index contributed by atoms with van der Waals surface area (Å²) in [6, 6.07) is 2.45. The number of piperazine rings is 1. The number of ether oxygens (including phenoxy) is 1. The van der Waals surface area contributed by atoms with Crippen molar-refractivity contribution in [1.82, 2.24) is 15.4 Å². The first-order valence-corrected chi connectivity index (χ1v) is 14.0.